The molecule has 1 atom stereocenters. The summed E-state index contributed by atoms with van der Waals surface area (Å²) in [5.41, 5.74) is 2.14. The van der Waals surface area contributed by atoms with E-state index in [2.05, 4.69) is 35.3 Å². The van der Waals surface area contributed by atoms with Gasteiger partial charge in [-0.1, -0.05) is 24.1 Å². The lowest BCUT2D eigenvalue weighted by molar-refractivity contribution is -0.156. The van der Waals surface area contributed by atoms with E-state index >= 15 is 0 Å². The Balaban J connectivity index is 1.45. The summed E-state index contributed by atoms with van der Waals surface area (Å²) in [6, 6.07) is 17.9. The molecule has 1 aromatic heterocycles. The van der Waals surface area contributed by atoms with Crippen LogP contribution in [0.15, 0.2) is 60.0 Å². The number of aryl methyl sites for hydroxylation is 2. The highest BCUT2D eigenvalue weighted by atomic mass is 32.2. The van der Waals surface area contributed by atoms with Gasteiger partial charge in [0.2, 0.25) is 4.88 Å². The summed E-state index contributed by atoms with van der Waals surface area (Å²) in [5.74, 6) is 9.51. The summed E-state index contributed by atoms with van der Waals surface area (Å²) >= 11 is 0. The minimum atomic E-state index is -0.724. The normalized spacial score (nSPS) is 14.6. The Hall–Kier alpha value is -3.47. The first-order valence-electron chi connectivity index (χ1n) is 11.1. The van der Waals surface area contributed by atoms with Crippen LogP contribution >= 0.6 is 10.5 Å². The fraction of sp³-hybridized carbons (Fsp3) is 0.276. The highest BCUT2D eigenvalue weighted by Crippen LogP contribution is 2.39. The van der Waals surface area contributed by atoms with Crippen LogP contribution in [0.5, 0.6) is 5.75 Å². The predicted molar refractivity (Wildman–Crippen MR) is 134 cm³/mol. The molecule has 1 unspecified atom stereocenters. The smallest absolute Gasteiger partial charge is 0.345 e. The van der Waals surface area contributed by atoms with E-state index in [1.54, 1.807) is 0 Å². The van der Waals surface area contributed by atoms with Crippen molar-refractivity contribution in [3.8, 4) is 34.8 Å². The highest BCUT2D eigenvalue weighted by molar-refractivity contribution is 7.38. The van der Waals surface area contributed by atoms with Crippen molar-refractivity contribution < 1.29 is 14.3 Å². The van der Waals surface area contributed by atoms with Crippen LogP contribution in [-0.4, -0.2) is 18.2 Å². The van der Waals surface area contributed by atoms with Crippen molar-refractivity contribution >= 4 is 16.4 Å². The van der Waals surface area contributed by atoms with Crippen LogP contribution in [0.1, 0.15) is 47.3 Å². The number of benzene rings is 2. The lowest BCUT2D eigenvalue weighted by atomic mass is 10.0. The number of thiophene rings is 1. The van der Waals surface area contributed by atoms with Crippen LogP contribution < -0.4 is 4.74 Å². The van der Waals surface area contributed by atoms with E-state index in [1.165, 1.54) is 0 Å². The Morgan fingerprint density at radius 3 is 2.42 bits per heavy atom. The zero-order valence-corrected chi connectivity index (χ0v) is 19.8. The van der Waals surface area contributed by atoms with Gasteiger partial charge < -0.3 is 9.47 Å². The summed E-state index contributed by atoms with van der Waals surface area (Å²) in [6.07, 6.45) is 9.16. The Bertz CT molecular complexity index is 1220. The van der Waals surface area contributed by atoms with Crippen LogP contribution in [0.4, 0.5) is 0 Å². The maximum absolute atomic E-state index is 12.7. The number of hydrogen-bond acceptors (Lipinski definition) is 3. The minimum absolute atomic E-state index is 0.142. The monoisotopic (exact) mass is 455 g/mol. The Morgan fingerprint density at radius 1 is 1.06 bits per heavy atom. The second kappa shape index (κ2) is 9.99. The standard InChI is InChI=1S/C29H27O3S/c1-4-25-13-10-18-33(25)26-19-22(2)28(23(3)20-26)31-21-27(30)32-29(15-8-9-16-29)17-14-24-11-6-5-7-12-24/h1,5-7,10-13,18-20H,8-9,15-16,21H2,2-3H3/q+1. The molecule has 0 radical (unpaired) electrons. The van der Waals surface area contributed by atoms with E-state index < -0.39 is 5.60 Å². The summed E-state index contributed by atoms with van der Waals surface area (Å²) in [7, 11) is -0.215. The van der Waals surface area contributed by atoms with Gasteiger partial charge in [0.1, 0.15) is 11.1 Å². The molecule has 1 fully saturated rings. The van der Waals surface area contributed by atoms with Crippen LogP contribution in [0, 0.1) is 38.0 Å². The number of rotatable bonds is 5. The molecular formula is C29H27O3S+. The summed E-state index contributed by atoms with van der Waals surface area (Å²) in [6.45, 7) is 3.84. The molecule has 1 aliphatic carbocycles. The summed E-state index contributed by atoms with van der Waals surface area (Å²) in [4.78, 5) is 14.8. The quantitative estimate of drug-likeness (QED) is 0.257. The van der Waals surface area contributed by atoms with E-state index in [1.807, 2.05) is 56.3 Å². The Kier molecular flexibility index (Phi) is 6.87. The number of esters is 1. The minimum Gasteiger partial charge on any atom is -0.481 e. The lowest BCUT2D eigenvalue weighted by Crippen LogP contribution is -2.32. The molecule has 1 heterocycles. The number of hydrogen-bond donors (Lipinski definition) is 0. The molecule has 4 rings (SSSR count). The van der Waals surface area contributed by atoms with Crippen LogP contribution in [-0.2, 0) is 9.53 Å². The van der Waals surface area contributed by atoms with Gasteiger partial charge in [-0.2, -0.15) is 0 Å². The number of carbonyl (C=O) groups excluding carboxylic acids is 1. The molecule has 1 aliphatic rings. The Labute approximate surface area is 198 Å². The van der Waals surface area contributed by atoms with E-state index in [9.17, 15) is 4.79 Å². The van der Waals surface area contributed by atoms with E-state index in [-0.39, 0.29) is 23.0 Å². The fourth-order valence-electron chi connectivity index (χ4n) is 4.22. The van der Waals surface area contributed by atoms with Crippen LogP contribution in [0.3, 0.4) is 0 Å². The topological polar surface area (TPSA) is 35.5 Å². The second-order valence-corrected chi connectivity index (χ2v) is 10.2. The maximum Gasteiger partial charge on any atom is 0.345 e. The van der Waals surface area contributed by atoms with Crippen molar-refractivity contribution in [2.75, 3.05) is 6.61 Å². The van der Waals surface area contributed by atoms with Crippen molar-refractivity contribution in [2.24, 2.45) is 0 Å². The van der Waals surface area contributed by atoms with Crippen LogP contribution in [0.25, 0.3) is 4.90 Å². The number of ether oxygens (including phenoxy) is 2. The summed E-state index contributed by atoms with van der Waals surface area (Å²) < 4.78 is 11.8. The van der Waals surface area contributed by atoms with Crippen LogP contribution in [0.2, 0.25) is 0 Å². The third-order valence-corrected chi connectivity index (χ3v) is 7.69. The van der Waals surface area contributed by atoms with Crippen molar-refractivity contribution in [2.45, 2.75) is 45.1 Å². The number of terminal acetylenes is 1. The van der Waals surface area contributed by atoms with E-state index in [0.717, 1.165) is 52.1 Å². The molecule has 0 saturated heterocycles. The molecule has 4 heteroatoms. The molecule has 3 nitrogen and oxygen atoms in total. The van der Waals surface area contributed by atoms with Crippen molar-refractivity contribution in [1.29, 1.82) is 0 Å². The molecule has 0 aliphatic heterocycles. The van der Waals surface area contributed by atoms with E-state index in [4.69, 9.17) is 15.9 Å². The fourth-order valence-corrected chi connectivity index (χ4v) is 5.97. The lowest BCUT2D eigenvalue weighted by Gasteiger charge is -2.23. The maximum atomic E-state index is 12.7. The summed E-state index contributed by atoms with van der Waals surface area (Å²) in [5, 5.41) is 2.12. The van der Waals surface area contributed by atoms with Gasteiger partial charge in [0.25, 0.3) is 0 Å². The molecular weight excluding hydrogens is 428 g/mol. The Morgan fingerprint density at radius 2 is 1.76 bits per heavy atom. The second-order valence-electron chi connectivity index (χ2n) is 8.31. The zero-order valence-electron chi connectivity index (χ0n) is 19.0. The SMILES string of the molecule is C#Cc1ccc[s+]1-c1cc(C)c(OCC(=O)OC2(C#Cc3ccccc3)CCCC2)c(C)c1. The first kappa shape index (κ1) is 22.7. The molecule has 166 valence electrons. The molecule has 0 spiro atoms. The van der Waals surface area contributed by atoms with Gasteiger partial charge in [0.05, 0.1) is 0 Å². The van der Waals surface area contributed by atoms with Gasteiger partial charge in [-0.25, -0.2) is 4.79 Å². The van der Waals surface area contributed by atoms with Gasteiger partial charge in [0, 0.05) is 34.2 Å². The third-order valence-electron chi connectivity index (χ3n) is 5.79. The predicted octanol–water partition coefficient (Wildman–Crippen LogP) is 6.31. The molecule has 33 heavy (non-hydrogen) atoms. The van der Waals surface area contributed by atoms with Crippen molar-refractivity contribution in [3.05, 3.63) is 81.5 Å². The largest absolute Gasteiger partial charge is 0.481 e. The first-order chi connectivity index (χ1) is 16.0. The first-order valence-corrected chi connectivity index (χ1v) is 12.4. The average Bonchev–Trinajstić information content (AvgIpc) is 3.47. The molecule has 3 aromatic rings. The number of carbonyl (C=O) groups is 1. The van der Waals surface area contributed by atoms with Gasteiger partial charge >= 0.3 is 5.97 Å². The highest BCUT2D eigenvalue weighted by Gasteiger charge is 2.36. The van der Waals surface area contributed by atoms with Gasteiger partial charge in [-0.05, 0) is 80.7 Å². The molecule has 1 saturated carbocycles. The van der Waals surface area contributed by atoms with Gasteiger partial charge in [-0.3, -0.25) is 0 Å². The van der Waals surface area contributed by atoms with Gasteiger partial charge in [0.15, 0.2) is 17.1 Å². The van der Waals surface area contributed by atoms with Crippen molar-refractivity contribution in [3.63, 3.8) is 0 Å². The molecule has 0 amide bonds. The van der Waals surface area contributed by atoms with Crippen molar-refractivity contribution in [1.82, 2.24) is 0 Å². The zero-order chi connectivity index (χ0) is 23.3. The van der Waals surface area contributed by atoms with Gasteiger partial charge in [-0.15, -0.1) is 6.42 Å². The molecule has 0 N–H and O–H groups in total. The molecule has 2 aromatic carbocycles. The third kappa shape index (κ3) is 5.30. The molecule has 0 bridgehead atoms. The van der Waals surface area contributed by atoms with E-state index in [0.29, 0.717) is 5.75 Å². The average molecular weight is 456 g/mol.